The van der Waals surface area contributed by atoms with Gasteiger partial charge < -0.3 is 10.6 Å². The van der Waals surface area contributed by atoms with Crippen LogP contribution in [0.25, 0.3) is 0 Å². The molecule has 2 rings (SSSR count). The molecule has 0 radical (unpaired) electrons. The number of thiophene rings is 1. The van der Waals surface area contributed by atoms with Crippen LogP contribution in [0.4, 0.5) is 4.79 Å². The third kappa shape index (κ3) is 4.04. The van der Waals surface area contributed by atoms with Gasteiger partial charge >= 0.3 is 6.03 Å². The Bertz CT molecular complexity index is 522. The number of aryl methyl sites for hydroxylation is 1. The molecule has 2 heterocycles. The maximum Gasteiger partial charge on any atom is 0.315 e. The van der Waals surface area contributed by atoms with Gasteiger partial charge in [0.25, 0.3) is 0 Å². The Hall–Kier alpha value is -1.40. The number of carbonyl (C=O) groups excluding carboxylic acids is 1. The van der Waals surface area contributed by atoms with Crippen molar-refractivity contribution < 1.29 is 4.79 Å². The van der Waals surface area contributed by atoms with Crippen molar-refractivity contribution in [2.45, 2.75) is 32.9 Å². The highest BCUT2D eigenvalue weighted by atomic mass is 32.1. The van der Waals surface area contributed by atoms with E-state index in [0.717, 1.165) is 22.7 Å². The van der Waals surface area contributed by atoms with Crippen LogP contribution in [0.15, 0.2) is 22.2 Å². The molecule has 2 aromatic heterocycles. The van der Waals surface area contributed by atoms with Gasteiger partial charge in [0.2, 0.25) is 0 Å². The summed E-state index contributed by atoms with van der Waals surface area (Å²) in [5, 5.41) is 12.9. The summed E-state index contributed by atoms with van der Waals surface area (Å²) in [6, 6.07) is 1.77. The first kappa shape index (κ1) is 14.0. The van der Waals surface area contributed by atoms with Crippen molar-refractivity contribution >= 4 is 28.7 Å². The number of urea groups is 1. The molecule has 102 valence electrons. The molecule has 2 N–H and O–H groups in total. The van der Waals surface area contributed by atoms with Crippen LogP contribution in [0, 0.1) is 0 Å². The first-order valence-corrected chi connectivity index (χ1v) is 8.01. The standard InChI is InChI=1S/C13H17N3OS2/c1-3-12-16-11(8-19-12)9(2)15-13(17)14-6-10-4-5-18-7-10/h4-5,7-9H,3,6H2,1-2H3,(H2,14,15,17)/t9-/m1/s1. The molecular formula is C13H17N3OS2. The van der Waals surface area contributed by atoms with E-state index in [2.05, 4.69) is 22.5 Å². The van der Waals surface area contributed by atoms with Crippen LogP contribution in [0.2, 0.25) is 0 Å². The van der Waals surface area contributed by atoms with Crippen LogP contribution in [0.5, 0.6) is 0 Å². The molecule has 0 saturated carbocycles. The molecule has 4 nitrogen and oxygen atoms in total. The zero-order valence-electron chi connectivity index (χ0n) is 11.0. The predicted molar refractivity (Wildman–Crippen MR) is 79.6 cm³/mol. The lowest BCUT2D eigenvalue weighted by molar-refractivity contribution is 0.237. The predicted octanol–water partition coefficient (Wildman–Crippen LogP) is 3.33. The minimum absolute atomic E-state index is 0.0703. The highest BCUT2D eigenvalue weighted by Crippen LogP contribution is 2.16. The molecule has 0 aromatic carbocycles. The Morgan fingerprint density at radius 2 is 2.32 bits per heavy atom. The number of nitrogens with one attached hydrogen (secondary N) is 2. The molecule has 0 aliphatic heterocycles. The van der Waals surface area contributed by atoms with Crippen molar-refractivity contribution in [3.8, 4) is 0 Å². The fraction of sp³-hybridized carbons (Fsp3) is 0.385. The maximum absolute atomic E-state index is 11.8. The van der Waals surface area contributed by atoms with Crippen molar-refractivity contribution in [2.24, 2.45) is 0 Å². The van der Waals surface area contributed by atoms with Gasteiger partial charge in [-0.1, -0.05) is 6.92 Å². The van der Waals surface area contributed by atoms with Crippen LogP contribution in [0.3, 0.4) is 0 Å². The van der Waals surface area contributed by atoms with Gasteiger partial charge in [-0.2, -0.15) is 11.3 Å². The number of amides is 2. The van der Waals surface area contributed by atoms with Gasteiger partial charge in [-0.25, -0.2) is 9.78 Å². The summed E-state index contributed by atoms with van der Waals surface area (Å²) in [7, 11) is 0. The third-order valence-electron chi connectivity index (χ3n) is 2.70. The van der Waals surface area contributed by atoms with E-state index >= 15 is 0 Å². The molecule has 0 fully saturated rings. The molecule has 0 saturated heterocycles. The van der Waals surface area contributed by atoms with Crippen LogP contribution < -0.4 is 10.6 Å². The van der Waals surface area contributed by atoms with E-state index in [-0.39, 0.29) is 12.1 Å². The molecule has 0 unspecified atom stereocenters. The third-order valence-corrected chi connectivity index (χ3v) is 4.44. The van der Waals surface area contributed by atoms with Crippen LogP contribution in [-0.2, 0) is 13.0 Å². The monoisotopic (exact) mass is 295 g/mol. The minimum Gasteiger partial charge on any atom is -0.334 e. The second-order valence-corrected chi connectivity index (χ2v) is 5.92. The zero-order valence-corrected chi connectivity index (χ0v) is 12.6. The molecule has 2 aromatic rings. The van der Waals surface area contributed by atoms with Gasteiger partial charge in [-0.15, -0.1) is 11.3 Å². The van der Waals surface area contributed by atoms with Crippen molar-refractivity contribution in [1.29, 1.82) is 0 Å². The first-order valence-electron chi connectivity index (χ1n) is 6.18. The van der Waals surface area contributed by atoms with Crippen molar-refractivity contribution in [1.82, 2.24) is 15.6 Å². The largest absolute Gasteiger partial charge is 0.334 e. The zero-order chi connectivity index (χ0) is 13.7. The number of aromatic nitrogens is 1. The van der Waals surface area contributed by atoms with Crippen molar-refractivity contribution in [2.75, 3.05) is 0 Å². The molecule has 19 heavy (non-hydrogen) atoms. The number of hydrogen-bond donors (Lipinski definition) is 2. The average molecular weight is 295 g/mol. The van der Waals surface area contributed by atoms with Gasteiger partial charge in [0, 0.05) is 11.9 Å². The van der Waals surface area contributed by atoms with Gasteiger partial charge in [0.05, 0.1) is 16.7 Å². The Balaban J connectivity index is 1.81. The van der Waals surface area contributed by atoms with Crippen molar-refractivity contribution in [3.05, 3.63) is 38.5 Å². The minimum atomic E-state index is -0.162. The van der Waals surface area contributed by atoms with E-state index in [1.807, 2.05) is 29.1 Å². The number of thiazole rings is 1. The number of hydrogen-bond acceptors (Lipinski definition) is 4. The summed E-state index contributed by atoms with van der Waals surface area (Å²) in [5.74, 6) is 0. The Kier molecular flexibility index (Phi) is 4.93. The molecule has 0 aliphatic carbocycles. The Morgan fingerprint density at radius 1 is 1.47 bits per heavy atom. The second kappa shape index (κ2) is 6.68. The molecule has 0 spiro atoms. The smallest absolute Gasteiger partial charge is 0.315 e. The summed E-state index contributed by atoms with van der Waals surface area (Å²) in [4.78, 5) is 16.2. The van der Waals surface area contributed by atoms with Crippen LogP contribution >= 0.6 is 22.7 Å². The van der Waals surface area contributed by atoms with E-state index in [1.54, 1.807) is 22.7 Å². The number of rotatable bonds is 5. The van der Waals surface area contributed by atoms with Crippen LogP contribution in [-0.4, -0.2) is 11.0 Å². The lowest BCUT2D eigenvalue weighted by Gasteiger charge is -2.12. The van der Waals surface area contributed by atoms with E-state index < -0.39 is 0 Å². The van der Waals surface area contributed by atoms with E-state index in [4.69, 9.17) is 0 Å². The topological polar surface area (TPSA) is 54.0 Å². The fourth-order valence-corrected chi connectivity index (χ4v) is 3.09. The summed E-state index contributed by atoms with van der Waals surface area (Å²) < 4.78 is 0. The SMILES string of the molecule is CCc1nc([C@@H](C)NC(=O)NCc2ccsc2)cs1. The maximum atomic E-state index is 11.8. The van der Waals surface area contributed by atoms with E-state index in [0.29, 0.717) is 6.54 Å². The summed E-state index contributed by atoms with van der Waals surface area (Å²) in [5.41, 5.74) is 2.04. The van der Waals surface area contributed by atoms with Gasteiger partial charge in [0.15, 0.2) is 0 Å². The molecular weight excluding hydrogens is 278 g/mol. The molecule has 1 atom stereocenters. The molecule has 2 amide bonds. The summed E-state index contributed by atoms with van der Waals surface area (Å²) in [6.45, 7) is 4.58. The van der Waals surface area contributed by atoms with E-state index in [9.17, 15) is 4.79 Å². The highest BCUT2D eigenvalue weighted by Gasteiger charge is 2.12. The first-order chi connectivity index (χ1) is 9.19. The number of nitrogens with zero attached hydrogens (tertiary/aromatic N) is 1. The lowest BCUT2D eigenvalue weighted by Crippen LogP contribution is -2.36. The number of carbonyl (C=O) groups is 1. The Morgan fingerprint density at radius 3 is 2.95 bits per heavy atom. The van der Waals surface area contributed by atoms with Crippen molar-refractivity contribution in [3.63, 3.8) is 0 Å². The lowest BCUT2D eigenvalue weighted by atomic mass is 10.2. The second-order valence-electron chi connectivity index (χ2n) is 4.20. The fourth-order valence-electron chi connectivity index (χ4n) is 1.58. The van der Waals surface area contributed by atoms with Gasteiger partial charge in [-0.05, 0) is 35.7 Å². The van der Waals surface area contributed by atoms with Crippen LogP contribution in [0.1, 0.15) is 36.2 Å². The Labute approximate surface area is 120 Å². The quantitative estimate of drug-likeness (QED) is 0.889. The average Bonchev–Trinajstić information content (AvgIpc) is 3.07. The highest BCUT2D eigenvalue weighted by molar-refractivity contribution is 7.09. The normalized spacial score (nSPS) is 12.1. The summed E-state index contributed by atoms with van der Waals surface area (Å²) in [6.07, 6.45) is 0.932. The summed E-state index contributed by atoms with van der Waals surface area (Å²) >= 11 is 3.26. The molecule has 0 aliphatic rings. The van der Waals surface area contributed by atoms with Gasteiger partial charge in [0.1, 0.15) is 0 Å². The van der Waals surface area contributed by atoms with Gasteiger partial charge in [-0.3, -0.25) is 0 Å². The van der Waals surface area contributed by atoms with E-state index in [1.165, 1.54) is 0 Å². The molecule has 6 heteroatoms. The molecule has 0 bridgehead atoms.